The summed E-state index contributed by atoms with van der Waals surface area (Å²) in [6, 6.07) is 13.1. The highest BCUT2D eigenvalue weighted by molar-refractivity contribution is 6.30. The first-order valence-electron chi connectivity index (χ1n) is 12.1. The lowest BCUT2D eigenvalue weighted by atomic mass is 10.1. The predicted octanol–water partition coefficient (Wildman–Crippen LogP) is 3.96. The van der Waals surface area contributed by atoms with E-state index in [9.17, 15) is 5.11 Å². The minimum absolute atomic E-state index is 0.124. The van der Waals surface area contributed by atoms with E-state index in [2.05, 4.69) is 14.5 Å². The Morgan fingerprint density at radius 3 is 2.72 bits per heavy atom. The second-order valence-corrected chi connectivity index (χ2v) is 9.52. The molecule has 1 atom stereocenters. The zero-order valence-corrected chi connectivity index (χ0v) is 21.6. The maximum Gasteiger partial charge on any atom is 0.161 e. The van der Waals surface area contributed by atoms with Gasteiger partial charge in [0.15, 0.2) is 11.5 Å². The van der Waals surface area contributed by atoms with Crippen LogP contribution in [0.5, 0.6) is 17.2 Å². The Balaban J connectivity index is 1.34. The van der Waals surface area contributed by atoms with Gasteiger partial charge in [-0.15, -0.1) is 0 Å². The zero-order chi connectivity index (χ0) is 25.4. The second kappa shape index (κ2) is 12.5. The maximum absolute atomic E-state index is 11.2. The minimum Gasteiger partial charge on any atom is -0.493 e. The number of rotatable bonds is 11. The number of nitrogens with zero attached hydrogens (tertiary/aromatic N) is 3. The van der Waals surface area contributed by atoms with Crippen LogP contribution >= 0.6 is 11.6 Å². The van der Waals surface area contributed by atoms with Crippen molar-refractivity contribution >= 4 is 11.6 Å². The van der Waals surface area contributed by atoms with E-state index in [1.54, 1.807) is 37.6 Å². The third kappa shape index (κ3) is 7.36. The van der Waals surface area contributed by atoms with Crippen LogP contribution in [0.25, 0.3) is 0 Å². The van der Waals surface area contributed by atoms with Gasteiger partial charge in [-0.3, -0.25) is 4.90 Å². The molecular formula is C27H34ClN3O5. The highest BCUT2D eigenvalue weighted by Crippen LogP contribution is 2.29. The third-order valence-corrected chi connectivity index (χ3v) is 6.37. The van der Waals surface area contributed by atoms with Crippen molar-refractivity contribution in [1.82, 2.24) is 14.5 Å². The molecule has 0 saturated carbocycles. The van der Waals surface area contributed by atoms with Crippen molar-refractivity contribution in [1.29, 1.82) is 0 Å². The fourth-order valence-electron chi connectivity index (χ4n) is 4.22. The van der Waals surface area contributed by atoms with Gasteiger partial charge in [0.05, 0.1) is 26.9 Å². The first-order chi connectivity index (χ1) is 17.4. The Bertz CT molecular complexity index is 1110. The standard InChI is InChI=1S/C27H34ClN3O5/c1-21-29-10-12-31(21)11-3-14-35-26-16-22(4-9-25(26)33-2)17-30-13-15-34-19-27(32,18-30)20-36-24-7-5-23(28)6-8-24/h4-10,12,16,32H,3,11,13-15,17-20H2,1-2H3/t27-/m1/s1. The number of methoxy groups -OCH3 is 1. The summed E-state index contributed by atoms with van der Waals surface area (Å²) in [7, 11) is 1.64. The van der Waals surface area contributed by atoms with E-state index in [1.807, 2.05) is 31.3 Å². The van der Waals surface area contributed by atoms with Gasteiger partial charge in [0.1, 0.15) is 23.8 Å². The van der Waals surface area contributed by atoms with Gasteiger partial charge in [0.2, 0.25) is 0 Å². The Kier molecular flexibility index (Phi) is 9.09. The SMILES string of the molecule is COc1ccc(CN2CCOC[C@@](O)(COc3ccc(Cl)cc3)C2)cc1OCCCn1ccnc1C. The van der Waals surface area contributed by atoms with Crippen LogP contribution in [0.4, 0.5) is 0 Å². The molecule has 0 spiro atoms. The van der Waals surface area contributed by atoms with Crippen LogP contribution in [0.1, 0.15) is 17.8 Å². The lowest BCUT2D eigenvalue weighted by molar-refractivity contribution is -0.0646. The summed E-state index contributed by atoms with van der Waals surface area (Å²) in [4.78, 5) is 6.43. The van der Waals surface area contributed by atoms with Crippen molar-refractivity contribution in [2.45, 2.75) is 32.0 Å². The molecule has 0 amide bonds. The molecule has 0 bridgehead atoms. The summed E-state index contributed by atoms with van der Waals surface area (Å²) >= 11 is 5.95. The van der Waals surface area contributed by atoms with E-state index in [-0.39, 0.29) is 13.2 Å². The molecule has 1 aromatic heterocycles. The molecule has 1 aliphatic heterocycles. The number of aryl methyl sites for hydroxylation is 2. The number of β-amino-alcohol motifs (C(OH)–C–C–N with tert-alkyl or cyclic N) is 1. The van der Waals surface area contributed by atoms with E-state index in [1.165, 1.54) is 0 Å². The molecule has 4 rings (SSSR count). The van der Waals surface area contributed by atoms with Crippen molar-refractivity contribution in [2.24, 2.45) is 0 Å². The molecule has 9 heteroatoms. The fraction of sp³-hybridized carbons (Fsp3) is 0.444. The molecule has 1 aliphatic rings. The monoisotopic (exact) mass is 515 g/mol. The third-order valence-electron chi connectivity index (χ3n) is 6.12. The first kappa shape index (κ1) is 26.3. The van der Waals surface area contributed by atoms with Gasteiger partial charge in [-0.05, 0) is 55.3 Å². The molecule has 1 saturated heterocycles. The average molecular weight is 516 g/mol. The van der Waals surface area contributed by atoms with E-state index in [4.69, 9.17) is 30.5 Å². The first-order valence-corrected chi connectivity index (χ1v) is 12.5. The second-order valence-electron chi connectivity index (χ2n) is 9.09. The molecule has 36 heavy (non-hydrogen) atoms. The van der Waals surface area contributed by atoms with Crippen molar-refractivity contribution in [3.8, 4) is 17.2 Å². The minimum atomic E-state index is -1.13. The molecule has 2 aromatic carbocycles. The molecule has 3 aromatic rings. The van der Waals surface area contributed by atoms with Crippen molar-refractivity contribution in [3.63, 3.8) is 0 Å². The number of hydrogen-bond acceptors (Lipinski definition) is 7. The normalized spacial score (nSPS) is 18.6. The fourth-order valence-corrected chi connectivity index (χ4v) is 4.34. The molecule has 8 nitrogen and oxygen atoms in total. The van der Waals surface area contributed by atoms with E-state index < -0.39 is 5.60 Å². The maximum atomic E-state index is 11.2. The number of imidazole rings is 1. The molecule has 0 unspecified atom stereocenters. The van der Waals surface area contributed by atoms with Gasteiger partial charge in [0.25, 0.3) is 0 Å². The van der Waals surface area contributed by atoms with Gasteiger partial charge in [-0.2, -0.15) is 0 Å². The van der Waals surface area contributed by atoms with Crippen molar-refractivity contribution in [3.05, 3.63) is 71.3 Å². The zero-order valence-electron chi connectivity index (χ0n) is 20.9. The number of ether oxygens (including phenoxy) is 4. The van der Waals surface area contributed by atoms with Crippen LogP contribution in [-0.2, 0) is 17.8 Å². The molecule has 0 radical (unpaired) electrons. The summed E-state index contributed by atoms with van der Waals surface area (Å²) in [5.41, 5.74) is -0.0629. The molecule has 194 valence electrons. The number of hydrogen-bond donors (Lipinski definition) is 1. The number of aliphatic hydroxyl groups is 1. The van der Waals surface area contributed by atoms with Crippen LogP contribution in [0.2, 0.25) is 5.02 Å². The van der Waals surface area contributed by atoms with Crippen LogP contribution in [-0.4, -0.2) is 71.8 Å². The van der Waals surface area contributed by atoms with Crippen molar-refractivity contribution in [2.75, 3.05) is 46.6 Å². The van der Waals surface area contributed by atoms with Crippen LogP contribution in [0.15, 0.2) is 54.9 Å². The van der Waals surface area contributed by atoms with Gasteiger partial charge in [-0.1, -0.05) is 17.7 Å². The Morgan fingerprint density at radius 2 is 1.97 bits per heavy atom. The van der Waals surface area contributed by atoms with Crippen molar-refractivity contribution < 1.29 is 24.1 Å². The molecule has 0 aliphatic carbocycles. The molecule has 1 fully saturated rings. The summed E-state index contributed by atoms with van der Waals surface area (Å²) in [6.45, 7) is 6.05. The molecular weight excluding hydrogens is 482 g/mol. The lowest BCUT2D eigenvalue weighted by Gasteiger charge is -2.30. The van der Waals surface area contributed by atoms with Gasteiger partial charge in [0, 0.05) is 43.6 Å². The van der Waals surface area contributed by atoms with E-state index in [0.29, 0.717) is 55.1 Å². The van der Waals surface area contributed by atoms with Crippen LogP contribution < -0.4 is 14.2 Å². The van der Waals surface area contributed by atoms with E-state index in [0.717, 1.165) is 24.4 Å². The Labute approximate surface area is 217 Å². The highest BCUT2D eigenvalue weighted by Gasteiger charge is 2.33. The summed E-state index contributed by atoms with van der Waals surface area (Å²) in [5, 5.41) is 11.9. The largest absolute Gasteiger partial charge is 0.493 e. The van der Waals surface area contributed by atoms with Gasteiger partial charge in [-0.25, -0.2) is 4.98 Å². The number of aromatic nitrogens is 2. The topological polar surface area (TPSA) is 78.2 Å². The number of halogens is 1. The lowest BCUT2D eigenvalue weighted by Crippen LogP contribution is -2.48. The smallest absolute Gasteiger partial charge is 0.161 e. The average Bonchev–Trinajstić information content (AvgIpc) is 3.19. The Hall–Kier alpha value is -2.78. The molecule has 2 heterocycles. The predicted molar refractivity (Wildman–Crippen MR) is 138 cm³/mol. The number of benzene rings is 2. The van der Waals surface area contributed by atoms with Gasteiger partial charge >= 0.3 is 0 Å². The quantitative estimate of drug-likeness (QED) is 0.387. The van der Waals surface area contributed by atoms with E-state index >= 15 is 0 Å². The molecule has 1 N–H and O–H groups in total. The summed E-state index contributed by atoms with van der Waals surface area (Å²) in [6.07, 6.45) is 4.64. The van der Waals surface area contributed by atoms with Crippen LogP contribution in [0.3, 0.4) is 0 Å². The summed E-state index contributed by atoms with van der Waals surface area (Å²) in [5.74, 6) is 3.06. The summed E-state index contributed by atoms with van der Waals surface area (Å²) < 4.78 is 25.2. The van der Waals surface area contributed by atoms with Gasteiger partial charge < -0.3 is 28.6 Å². The highest BCUT2D eigenvalue weighted by atomic mass is 35.5. The van der Waals surface area contributed by atoms with Crippen LogP contribution in [0, 0.1) is 6.92 Å². The Morgan fingerprint density at radius 1 is 1.14 bits per heavy atom.